The highest BCUT2D eigenvalue weighted by Gasteiger charge is 2.22. The van der Waals surface area contributed by atoms with Gasteiger partial charge in [0.1, 0.15) is 0 Å². The molecule has 0 heterocycles. The largest absolute Gasteiger partial charge is 0.478 e. The van der Waals surface area contributed by atoms with Crippen LogP contribution in [0.15, 0.2) is 29.2 Å². The first kappa shape index (κ1) is 15.1. The van der Waals surface area contributed by atoms with Crippen LogP contribution in [-0.2, 0) is 10.0 Å². The maximum atomic E-state index is 11.9. The summed E-state index contributed by atoms with van der Waals surface area (Å²) in [6.45, 7) is 3.21. The minimum Gasteiger partial charge on any atom is -0.478 e. The van der Waals surface area contributed by atoms with Crippen LogP contribution in [0.5, 0.6) is 0 Å². The van der Waals surface area contributed by atoms with Gasteiger partial charge in [0.05, 0.1) is 21.9 Å². The molecule has 0 aliphatic heterocycles. The molecule has 0 unspecified atom stereocenters. The van der Waals surface area contributed by atoms with Crippen LogP contribution in [0.2, 0.25) is 0 Å². The standard InChI is InChI=1S/C12H14N2O4S/c1-12(2,7-13)8-14-19(17,18)10-5-3-9(4-6-10)11(15)16/h3-6,14H,8H2,1-2H3,(H,15,16). The van der Waals surface area contributed by atoms with Gasteiger partial charge >= 0.3 is 5.97 Å². The number of carbonyl (C=O) groups is 1. The number of benzene rings is 1. The van der Waals surface area contributed by atoms with E-state index in [0.717, 1.165) is 0 Å². The van der Waals surface area contributed by atoms with Gasteiger partial charge in [-0.15, -0.1) is 0 Å². The molecule has 0 saturated heterocycles. The third kappa shape index (κ3) is 4.05. The van der Waals surface area contributed by atoms with Gasteiger partial charge in [-0.05, 0) is 38.1 Å². The predicted molar refractivity (Wildman–Crippen MR) is 68.0 cm³/mol. The van der Waals surface area contributed by atoms with Gasteiger partial charge in [0, 0.05) is 6.54 Å². The number of nitriles is 1. The van der Waals surface area contributed by atoms with Crippen molar-refractivity contribution in [3.63, 3.8) is 0 Å². The van der Waals surface area contributed by atoms with Gasteiger partial charge in [0.15, 0.2) is 0 Å². The van der Waals surface area contributed by atoms with E-state index >= 15 is 0 Å². The second-order valence-electron chi connectivity index (χ2n) is 4.65. The van der Waals surface area contributed by atoms with Gasteiger partial charge in [-0.2, -0.15) is 5.26 Å². The molecule has 0 amide bonds. The molecule has 0 saturated carbocycles. The molecule has 1 aromatic rings. The zero-order valence-corrected chi connectivity index (χ0v) is 11.4. The second kappa shape index (κ2) is 5.38. The van der Waals surface area contributed by atoms with E-state index in [1.54, 1.807) is 13.8 Å². The number of nitrogens with zero attached hydrogens (tertiary/aromatic N) is 1. The third-order valence-electron chi connectivity index (χ3n) is 2.42. The maximum Gasteiger partial charge on any atom is 0.335 e. The lowest BCUT2D eigenvalue weighted by Crippen LogP contribution is -2.33. The quantitative estimate of drug-likeness (QED) is 0.844. The molecule has 7 heteroatoms. The van der Waals surface area contributed by atoms with Crippen LogP contribution in [0.1, 0.15) is 24.2 Å². The number of rotatable bonds is 5. The third-order valence-corrected chi connectivity index (χ3v) is 3.84. The predicted octanol–water partition coefficient (Wildman–Crippen LogP) is 1.21. The lowest BCUT2D eigenvalue weighted by Gasteiger charge is -2.16. The number of nitrogens with one attached hydrogen (secondary N) is 1. The minimum atomic E-state index is -3.74. The van der Waals surface area contributed by atoms with Gasteiger partial charge in [-0.1, -0.05) is 0 Å². The summed E-state index contributed by atoms with van der Waals surface area (Å²) in [7, 11) is -3.74. The number of sulfonamides is 1. The Morgan fingerprint density at radius 1 is 1.37 bits per heavy atom. The van der Waals surface area contributed by atoms with E-state index in [4.69, 9.17) is 10.4 Å². The smallest absolute Gasteiger partial charge is 0.335 e. The van der Waals surface area contributed by atoms with E-state index < -0.39 is 21.4 Å². The van der Waals surface area contributed by atoms with E-state index in [0.29, 0.717) is 0 Å². The molecular weight excluding hydrogens is 268 g/mol. The van der Waals surface area contributed by atoms with Gasteiger partial charge in [-0.3, -0.25) is 0 Å². The zero-order chi connectivity index (χ0) is 14.7. The Morgan fingerprint density at radius 2 is 1.89 bits per heavy atom. The molecule has 0 fully saturated rings. The van der Waals surface area contributed by atoms with E-state index in [2.05, 4.69) is 4.72 Å². The molecule has 0 bridgehead atoms. The van der Waals surface area contributed by atoms with Crippen LogP contribution in [0.3, 0.4) is 0 Å². The summed E-state index contributed by atoms with van der Waals surface area (Å²) in [5.74, 6) is -1.12. The Balaban J connectivity index is 2.90. The molecule has 0 aromatic heterocycles. The highest BCUT2D eigenvalue weighted by Crippen LogP contribution is 2.15. The Labute approximate surface area is 111 Å². The molecule has 0 aliphatic rings. The highest BCUT2D eigenvalue weighted by molar-refractivity contribution is 7.89. The van der Waals surface area contributed by atoms with Gasteiger partial charge < -0.3 is 5.11 Å². The zero-order valence-electron chi connectivity index (χ0n) is 10.5. The first-order chi connectivity index (χ1) is 8.68. The average molecular weight is 282 g/mol. The van der Waals surface area contributed by atoms with Gasteiger partial charge in [0.25, 0.3) is 0 Å². The molecule has 1 aromatic carbocycles. The number of carboxylic acid groups (broad SMARTS) is 1. The lowest BCUT2D eigenvalue weighted by atomic mass is 9.97. The fourth-order valence-electron chi connectivity index (χ4n) is 1.17. The number of hydrogen-bond acceptors (Lipinski definition) is 4. The minimum absolute atomic E-state index is 0.0105. The molecule has 0 atom stereocenters. The number of hydrogen-bond donors (Lipinski definition) is 2. The lowest BCUT2D eigenvalue weighted by molar-refractivity contribution is 0.0696. The summed E-state index contributed by atoms with van der Waals surface area (Å²) >= 11 is 0. The van der Waals surface area contributed by atoms with Crippen molar-refractivity contribution in [1.82, 2.24) is 4.72 Å². The SMILES string of the molecule is CC(C)(C#N)CNS(=O)(=O)c1ccc(C(=O)O)cc1. The van der Waals surface area contributed by atoms with Crippen LogP contribution >= 0.6 is 0 Å². The Hall–Kier alpha value is -1.91. The normalized spacial score (nSPS) is 11.8. The van der Waals surface area contributed by atoms with Crippen LogP contribution in [0.25, 0.3) is 0 Å². The van der Waals surface area contributed by atoms with E-state index in [1.165, 1.54) is 24.3 Å². The Morgan fingerprint density at radius 3 is 2.32 bits per heavy atom. The van der Waals surface area contributed by atoms with Crippen molar-refractivity contribution in [3.05, 3.63) is 29.8 Å². The fraction of sp³-hybridized carbons (Fsp3) is 0.333. The van der Waals surface area contributed by atoms with Crippen molar-refractivity contribution in [2.24, 2.45) is 5.41 Å². The summed E-state index contributed by atoms with van der Waals surface area (Å²) in [6, 6.07) is 6.84. The Bertz CT molecular complexity index is 612. The first-order valence-electron chi connectivity index (χ1n) is 5.42. The molecule has 0 spiro atoms. The van der Waals surface area contributed by atoms with E-state index in [9.17, 15) is 13.2 Å². The van der Waals surface area contributed by atoms with E-state index in [-0.39, 0.29) is 17.0 Å². The highest BCUT2D eigenvalue weighted by atomic mass is 32.2. The van der Waals surface area contributed by atoms with Crippen LogP contribution in [0.4, 0.5) is 0 Å². The van der Waals surface area contributed by atoms with E-state index in [1.807, 2.05) is 6.07 Å². The molecule has 102 valence electrons. The summed E-state index contributed by atoms with van der Waals surface area (Å²) in [5.41, 5.74) is -0.801. The molecular formula is C12H14N2O4S. The molecule has 0 radical (unpaired) electrons. The van der Waals surface area contributed by atoms with Crippen molar-refractivity contribution >= 4 is 16.0 Å². The summed E-state index contributed by atoms with van der Waals surface area (Å²) in [6.07, 6.45) is 0. The van der Waals surface area contributed by atoms with Gasteiger partial charge in [-0.25, -0.2) is 17.9 Å². The molecule has 1 rings (SSSR count). The van der Waals surface area contributed by atoms with Crippen LogP contribution in [-0.4, -0.2) is 26.0 Å². The number of aromatic carboxylic acids is 1. The van der Waals surface area contributed by atoms with Crippen molar-refractivity contribution < 1.29 is 18.3 Å². The maximum absolute atomic E-state index is 11.9. The van der Waals surface area contributed by atoms with Crippen molar-refractivity contribution in [3.8, 4) is 6.07 Å². The topological polar surface area (TPSA) is 107 Å². The van der Waals surface area contributed by atoms with Crippen LogP contribution in [0, 0.1) is 16.7 Å². The monoisotopic (exact) mass is 282 g/mol. The van der Waals surface area contributed by atoms with Crippen molar-refractivity contribution in [2.75, 3.05) is 6.54 Å². The summed E-state index contributed by atoms with van der Waals surface area (Å²) < 4.78 is 26.1. The van der Waals surface area contributed by atoms with Crippen molar-refractivity contribution in [2.45, 2.75) is 18.7 Å². The average Bonchev–Trinajstić information content (AvgIpc) is 2.37. The summed E-state index contributed by atoms with van der Waals surface area (Å²) in [4.78, 5) is 10.6. The molecule has 0 aliphatic carbocycles. The Kier molecular flexibility index (Phi) is 4.29. The fourth-order valence-corrected chi connectivity index (χ4v) is 2.39. The molecule has 2 N–H and O–H groups in total. The van der Waals surface area contributed by atoms with Gasteiger partial charge in [0.2, 0.25) is 10.0 Å². The number of carboxylic acids is 1. The first-order valence-corrected chi connectivity index (χ1v) is 6.90. The second-order valence-corrected chi connectivity index (χ2v) is 6.42. The molecule has 6 nitrogen and oxygen atoms in total. The molecule has 19 heavy (non-hydrogen) atoms. The van der Waals surface area contributed by atoms with Crippen molar-refractivity contribution in [1.29, 1.82) is 5.26 Å². The summed E-state index contributed by atoms with van der Waals surface area (Å²) in [5, 5.41) is 17.5. The van der Waals surface area contributed by atoms with Crippen LogP contribution < -0.4 is 4.72 Å².